The highest BCUT2D eigenvalue weighted by Gasteiger charge is 2.47. The highest BCUT2D eigenvalue weighted by Crippen LogP contribution is 2.40. The Morgan fingerprint density at radius 3 is 2.48 bits per heavy atom. The third-order valence-electron chi connectivity index (χ3n) is 4.75. The topological polar surface area (TPSA) is 32.3 Å². The van der Waals surface area contributed by atoms with Crippen LogP contribution in [0.5, 0.6) is 0 Å². The van der Waals surface area contributed by atoms with Crippen molar-refractivity contribution in [3.8, 4) is 0 Å². The largest absolute Gasteiger partial charge is 0.318 e. The molecule has 2 fully saturated rings. The predicted octanol–water partition coefficient (Wildman–Crippen LogP) is 3.08. The molecule has 3 atom stereocenters. The molecule has 0 radical (unpaired) electrons. The summed E-state index contributed by atoms with van der Waals surface area (Å²) in [4.78, 5) is 14.6. The van der Waals surface area contributed by atoms with Gasteiger partial charge in [-0.2, -0.15) is 0 Å². The Labute approximate surface area is 125 Å². The number of nitrogens with one attached hydrogen (secondary N) is 1. The molecule has 21 heavy (non-hydrogen) atoms. The Morgan fingerprint density at radius 1 is 1.24 bits per heavy atom. The second kappa shape index (κ2) is 5.41. The van der Waals surface area contributed by atoms with Crippen molar-refractivity contribution < 1.29 is 9.18 Å². The van der Waals surface area contributed by atoms with Crippen LogP contribution in [0.3, 0.4) is 0 Å². The van der Waals surface area contributed by atoms with Crippen molar-refractivity contribution in [2.24, 2.45) is 11.8 Å². The summed E-state index contributed by atoms with van der Waals surface area (Å²) in [5.41, 5.74) is 0.571. The maximum Gasteiger partial charge on any atom is 0.241 e. The molecule has 3 rings (SSSR count). The minimum Gasteiger partial charge on any atom is -0.318 e. The van der Waals surface area contributed by atoms with Gasteiger partial charge in [0.05, 0.1) is 6.04 Å². The molecule has 1 aromatic carbocycles. The summed E-state index contributed by atoms with van der Waals surface area (Å²) in [5.74, 6) is 0.622. The van der Waals surface area contributed by atoms with Crippen molar-refractivity contribution in [2.45, 2.75) is 51.9 Å². The molecule has 3 nitrogen and oxygen atoms in total. The molecular formula is C17H23FN2O. The zero-order valence-corrected chi connectivity index (χ0v) is 12.8. The third kappa shape index (κ3) is 2.57. The maximum atomic E-state index is 14.2. The number of carbonyl (C=O) groups excluding carboxylic acids is 1. The standard InChI is InChI=1S/C17H23FN2O/c1-10(2)15-17(21)20(11(3)12-8-9-12)16(19-15)13-6-4-5-7-14(13)18/h4-7,10-12,15-16,19H,8-9H2,1-3H3. The summed E-state index contributed by atoms with van der Waals surface area (Å²) < 4.78 is 14.2. The van der Waals surface area contributed by atoms with Crippen molar-refractivity contribution in [1.29, 1.82) is 0 Å². The molecule has 1 heterocycles. The zero-order chi connectivity index (χ0) is 15.1. The van der Waals surface area contributed by atoms with E-state index < -0.39 is 0 Å². The number of rotatable bonds is 4. The van der Waals surface area contributed by atoms with E-state index in [1.807, 2.05) is 24.8 Å². The lowest BCUT2D eigenvalue weighted by Crippen LogP contribution is -2.40. The molecule has 1 saturated heterocycles. The summed E-state index contributed by atoms with van der Waals surface area (Å²) in [6.45, 7) is 6.15. The summed E-state index contributed by atoms with van der Waals surface area (Å²) >= 11 is 0. The normalized spacial score (nSPS) is 27.5. The summed E-state index contributed by atoms with van der Waals surface area (Å²) in [5, 5.41) is 3.35. The average Bonchev–Trinajstić information content (AvgIpc) is 3.22. The van der Waals surface area contributed by atoms with Crippen LogP contribution in [0.4, 0.5) is 4.39 Å². The van der Waals surface area contributed by atoms with Crippen molar-refractivity contribution >= 4 is 5.91 Å². The van der Waals surface area contributed by atoms with Crippen LogP contribution in [0, 0.1) is 17.7 Å². The lowest BCUT2D eigenvalue weighted by molar-refractivity contribution is -0.133. The Morgan fingerprint density at radius 2 is 1.90 bits per heavy atom. The van der Waals surface area contributed by atoms with Crippen LogP contribution in [-0.2, 0) is 4.79 Å². The number of halogens is 1. The first-order valence-corrected chi connectivity index (χ1v) is 7.83. The van der Waals surface area contributed by atoms with Crippen LogP contribution < -0.4 is 5.32 Å². The van der Waals surface area contributed by atoms with Crippen LogP contribution in [0.1, 0.15) is 45.3 Å². The van der Waals surface area contributed by atoms with E-state index in [1.165, 1.54) is 18.9 Å². The molecule has 1 aliphatic heterocycles. The first kappa shape index (κ1) is 14.5. The van der Waals surface area contributed by atoms with Crippen molar-refractivity contribution in [2.75, 3.05) is 0 Å². The van der Waals surface area contributed by atoms with Gasteiger partial charge in [0.15, 0.2) is 0 Å². The Kier molecular flexibility index (Phi) is 3.74. The summed E-state index contributed by atoms with van der Waals surface area (Å²) in [6.07, 6.45) is 1.99. The van der Waals surface area contributed by atoms with E-state index in [0.29, 0.717) is 11.5 Å². The van der Waals surface area contributed by atoms with Gasteiger partial charge in [-0.3, -0.25) is 10.1 Å². The van der Waals surface area contributed by atoms with E-state index >= 15 is 0 Å². The Hall–Kier alpha value is -1.42. The minimum atomic E-state index is -0.346. The average molecular weight is 290 g/mol. The van der Waals surface area contributed by atoms with Gasteiger partial charge in [-0.1, -0.05) is 32.0 Å². The lowest BCUT2D eigenvalue weighted by Gasteiger charge is -2.31. The van der Waals surface area contributed by atoms with Crippen LogP contribution in [0.15, 0.2) is 24.3 Å². The fraction of sp³-hybridized carbons (Fsp3) is 0.588. The van der Waals surface area contributed by atoms with E-state index in [0.717, 1.165) is 0 Å². The van der Waals surface area contributed by atoms with E-state index in [-0.39, 0.29) is 35.9 Å². The van der Waals surface area contributed by atoms with Crippen molar-refractivity contribution in [3.05, 3.63) is 35.6 Å². The second-order valence-corrected chi connectivity index (χ2v) is 6.64. The molecule has 0 bridgehead atoms. The Balaban J connectivity index is 1.95. The van der Waals surface area contributed by atoms with Gasteiger partial charge >= 0.3 is 0 Å². The van der Waals surface area contributed by atoms with Gasteiger partial charge in [0.2, 0.25) is 5.91 Å². The molecular weight excluding hydrogens is 267 g/mol. The summed E-state index contributed by atoms with van der Waals surface area (Å²) in [6, 6.07) is 6.69. The molecule has 1 saturated carbocycles. The number of hydrogen-bond acceptors (Lipinski definition) is 2. The molecule has 1 aliphatic carbocycles. The van der Waals surface area contributed by atoms with Crippen molar-refractivity contribution in [1.82, 2.24) is 10.2 Å². The number of carbonyl (C=O) groups is 1. The molecule has 0 spiro atoms. The van der Waals surface area contributed by atoms with E-state index in [4.69, 9.17) is 0 Å². The minimum absolute atomic E-state index is 0.109. The van der Waals surface area contributed by atoms with Gasteiger partial charge in [-0.05, 0) is 37.7 Å². The summed E-state index contributed by atoms with van der Waals surface area (Å²) in [7, 11) is 0. The predicted molar refractivity (Wildman–Crippen MR) is 79.9 cm³/mol. The van der Waals surface area contributed by atoms with Gasteiger partial charge in [0, 0.05) is 11.6 Å². The van der Waals surface area contributed by atoms with Gasteiger partial charge in [0.25, 0.3) is 0 Å². The first-order valence-electron chi connectivity index (χ1n) is 7.83. The number of amides is 1. The maximum absolute atomic E-state index is 14.2. The highest BCUT2D eigenvalue weighted by molar-refractivity contribution is 5.85. The van der Waals surface area contributed by atoms with Gasteiger partial charge in [0.1, 0.15) is 12.0 Å². The van der Waals surface area contributed by atoms with Crippen LogP contribution >= 0.6 is 0 Å². The quantitative estimate of drug-likeness (QED) is 0.924. The molecule has 4 heteroatoms. The van der Waals surface area contributed by atoms with Crippen LogP contribution in [0.25, 0.3) is 0 Å². The van der Waals surface area contributed by atoms with E-state index in [9.17, 15) is 9.18 Å². The molecule has 0 aromatic heterocycles. The highest BCUT2D eigenvalue weighted by atomic mass is 19.1. The fourth-order valence-corrected chi connectivity index (χ4v) is 3.27. The van der Waals surface area contributed by atoms with E-state index in [2.05, 4.69) is 12.2 Å². The number of benzene rings is 1. The van der Waals surface area contributed by atoms with Crippen molar-refractivity contribution in [3.63, 3.8) is 0 Å². The number of nitrogens with zero attached hydrogens (tertiary/aromatic N) is 1. The molecule has 114 valence electrons. The smallest absolute Gasteiger partial charge is 0.241 e. The van der Waals surface area contributed by atoms with Crippen LogP contribution in [0.2, 0.25) is 0 Å². The lowest BCUT2D eigenvalue weighted by atomic mass is 10.0. The SMILES string of the molecule is CC(C)C1NC(c2ccccc2F)N(C(C)C2CC2)C1=O. The zero-order valence-electron chi connectivity index (χ0n) is 12.8. The molecule has 3 unspecified atom stereocenters. The first-order chi connectivity index (χ1) is 10.0. The van der Waals surface area contributed by atoms with Gasteiger partial charge < -0.3 is 4.90 Å². The molecule has 1 N–H and O–H groups in total. The van der Waals surface area contributed by atoms with Gasteiger partial charge in [-0.25, -0.2) is 4.39 Å². The fourth-order valence-electron chi connectivity index (χ4n) is 3.27. The third-order valence-corrected chi connectivity index (χ3v) is 4.75. The Bertz CT molecular complexity index is 541. The number of hydrogen-bond donors (Lipinski definition) is 1. The molecule has 1 amide bonds. The van der Waals surface area contributed by atoms with Gasteiger partial charge in [-0.15, -0.1) is 0 Å². The monoisotopic (exact) mass is 290 g/mol. The molecule has 1 aromatic rings. The second-order valence-electron chi connectivity index (χ2n) is 6.64. The van der Waals surface area contributed by atoms with E-state index in [1.54, 1.807) is 12.1 Å². The van der Waals surface area contributed by atoms with Crippen LogP contribution in [-0.4, -0.2) is 22.9 Å². The molecule has 2 aliphatic rings.